The van der Waals surface area contributed by atoms with Gasteiger partial charge in [0.1, 0.15) is 11.9 Å². The molecule has 0 radical (unpaired) electrons. The number of ether oxygens (including phenoxy) is 1. The number of rotatable bonds is 6. The van der Waals surface area contributed by atoms with Crippen LogP contribution in [0.25, 0.3) is 0 Å². The molecule has 1 aromatic carbocycles. The molecule has 0 aliphatic carbocycles. The predicted octanol–water partition coefficient (Wildman–Crippen LogP) is 1.97. The monoisotopic (exact) mass is 415 g/mol. The highest BCUT2D eigenvalue weighted by atomic mass is 16.5. The summed E-state index contributed by atoms with van der Waals surface area (Å²) in [6.45, 7) is 12.2. The Hall–Kier alpha value is -2.28. The fourth-order valence-corrected chi connectivity index (χ4v) is 4.14. The standard InChI is InChI=1S/C23H37N5O2/c1-18-7-9-21(10-8-18)30-19(2)17-25-23(24-4)28-15-13-26(14-16-28)20(3)22(29)27-11-5-6-12-27/h7-10,19-20H,5-6,11-17H2,1-4H3,(H,24,25). The van der Waals surface area contributed by atoms with Crippen LogP contribution in [0, 0.1) is 6.92 Å². The third-order valence-electron chi connectivity index (χ3n) is 6.05. The van der Waals surface area contributed by atoms with Crippen LogP contribution in [0.1, 0.15) is 32.3 Å². The summed E-state index contributed by atoms with van der Waals surface area (Å²) in [4.78, 5) is 23.7. The Morgan fingerprint density at radius 3 is 2.27 bits per heavy atom. The van der Waals surface area contributed by atoms with Crippen LogP contribution in [0.15, 0.2) is 29.3 Å². The number of amides is 1. The molecule has 0 bridgehead atoms. The molecule has 2 atom stereocenters. The average molecular weight is 416 g/mol. The average Bonchev–Trinajstić information content (AvgIpc) is 3.30. The van der Waals surface area contributed by atoms with Crippen molar-refractivity contribution >= 4 is 11.9 Å². The number of aliphatic imine (C=N–C) groups is 1. The molecule has 2 unspecified atom stereocenters. The number of guanidine groups is 1. The molecule has 0 aromatic heterocycles. The second-order valence-corrected chi connectivity index (χ2v) is 8.40. The van der Waals surface area contributed by atoms with Crippen molar-refractivity contribution in [1.29, 1.82) is 0 Å². The predicted molar refractivity (Wildman–Crippen MR) is 121 cm³/mol. The van der Waals surface area contributed by atoms with E-state index in [1.807, 2.05) is 31.0 Å². The van der Waals surface area contributed by atoms with E-state index in [4.69, 9.17) is 4.74 Å². The molecule has 30 heavy (non-hydrogen) atoms. The maximum absolute atomic E-state index is 12.7. The number of hydrogen-bond acceptors (Lipinski definition) is 4. The minimum Gasteiger partial charge on any atom is -0.489 e. The molecule has 7 nitrogen and oxygen atoms in total. The molecule has 2 aliphatic heterocycles. The van der Waals surface area contributed by atoms with Gasteiger partial charge in [0, 0.05) is 46.3 Å². The Morgan fingerprint density at radius 1 is 1.03 bits per heavy atom. The van der Waals surface area contributed by atoms with Crippen LogP contribution in [0.4, 0.5) is 0 Å². The van der Waals surface area contributed by atoms with Gasteiger partial charge in [0.05, 0.1) is 12.6 Å². The number of likely N-dealkylation sites (tertiary alicyclic amines) is 1. The van der Waals surface area contributed by atoms with Crippen LogP contribution in [0.2, 0.25) is 0 Å². The molecule has 166 valence electrons. The van der Waals surface area contributed by atoms with Gasteiger partial charge in [0.25, 0.3) is 0 Å². The van der Waals surface area contributed by atoms with Gasteiger partial charge in [0.15, 0.2) is 5.96 Å². The van der Waals surface area contributed by atoms with Crippen LogP contribution in [-0.4, -0.2) is 91.6 Å². The third kappa shape index (κ3) is 5.88. The summed E-state index contributed by atoms with van der Waals surface area (Å²) in [5.74, 6) is 2.06. The minimum atomic E-state index is -0.0387. The summed E-state index contributed by atoms with van der Waals surface area (Å²) < 4.78 is 5.99. The maximum Gasteiger partial charge on any atom is 0.239 e. The van der Waals surface area contributed by atoms with E-state index in [1.165, 1.54) is 5.56 Å². The highest BCUT2D eigenvalue weighted by molar-refractivity contribution is 5.82. The Kier molecular flexibility index (Phi) is 7.96. The normalized spacial score (nSPS) is 20.2. The first-order valence-electron chi connectivity index (χ1n) is 11.2. The summed E-state index contributed by atoms with van der Waals surface area (Å²) >= 11 is 0. The Bertz CT molecular complexity index is 707. The van der Waals surface area contributed by atoms with E-state index in [2.05, 4.69) is 46.1 Å². The van der Waals surface area contributed by atoms with Crippen LogP contribution in [0.5, 0.6) is 5.75 Å². The number of nitrogens with one attached hydrogen (secondary N) is 1. The highest BCUT2D eigenvalue weighted by Gasteiger charge is 2.30. The summed E-state index contributed by atoms with van der Waals surface area (Å²) in [5, 5.41) is 3.44. The van der Waals surface area contributed by atoms with Crippen LogP contribution >= 0.6 is 0 Å². The lowest BCUT2D eigenvalue weighted by Gasteiger charge is -2.39. The van der Waals surface area contributed by atoms with Crippen molar-refractivity contribution in [3.05, 3.63) is 29.8 Å². The van der Waals surface area contributed by atoms with Crippen molar-refractivity contribution < 1.29 is 9.53 Å². The first-order chi connectivity index (χ1) is 14.5. The molecular formula is C23H37N5O2. The molecule has 0 saturated carbocycles. The molecule has 7 heteroatoms. The summed E-state index contributed by atoms with van der Waals surface area (Å²) in [6, 6.07) is 8.09. The number of hydrogen-bond donors (Lipinski definition) is 1. The van der Waals surface area contributed by atoms with Crippen LogP contribution in [-0.2, 0) is 4.79 Å². The van der Waals surface area contributed by atoms with Gasteiger partial charge < -0.3 is 19.9 Å². The van der Waals surface area contributed by atoms with Crippen molar-refractivity contribution in [2.45, 2.75) is 45.8 Å². The third-order valence-corrected chi connectivity index (χ3v) is 6.05. The van der Waals surface area contributed by atoms with Gasteiger partial charge in [-0.1, -0.05) is 17.7 Å². The molecule has 1 amide bonds. The maximum atomic E-state index is 12.7. The van der Waals surface area contributed by atoms with Crippen molar-refractivity contribution in [2.75, 3.05) is 52.9 Å². The molecule has 1 N–H and O–H groups in total. The lowest BCUT2D eigenvalue weighted by molar-refractivity contribution is -0.135. The lowest BCUT2D eigenvalue weighted by atomic mass is 10.2. The van der Waals surface area contributed by atoms with Gasteiger partial charge in [-0.05, 0) is 45.7 Å². The van der Waals surface area contributed by atoms with E-state index >= 15 is 0 Å². The van der Waals surface area contributed by atoms with Crippen molar-refractivity contribution in [3.8, 4) is 5.75 Å². The first-order valence-corrected chi connectivity index (χ1v) is 11.2. The zero-order valence-corrected chi connectivity index (χ0v) is 18.9. The first kappa shape index (κ1) is 22.4. The zero-order valence-electron chi connectivity index (χ0n) is 18.9. The van der Waals surface area contributed by atoms with Crippen molar-refractivity contribution in [2.24, 2.45) is 4.99 Å². The largest absolute Gasteiger partial charge is 0.489 e. The number of carbonyl (C=O) groups excluding carboxylic acids is 1. The molecule has 2 aliphatic rings. The smallest absolute Gasteiger partial charge is 0.239 e. The number of nitrogens with zero attached hydrogens (tertiary/aromatic N) is 4. The van der Waals surface area contributed by atoms with Crippen LogP contribution < -0.4 is 10.1 Å². The van der Waals surface area contributed by atoms with Gasteiger partial charge in [-0.3, -0.25) is 14.7 Å². The lowest BCUT2D eigenvalue weighted by Crippen LogP contribution is -2.57. The van der Waals surface area contributed by atoms with E-state index < -0.39 is 0 Å². The SMILES string of the molecule is CN=C(NCC(C)Oc1ccc(C)cc1)N1CCN(C(C)C(=O)N2CCCC2)CC1. The van der Waals surface area contributed by atoms with E-state index in [0.29, 0.717) is 6.54 Å². The van der Waals surface area contributed by atoms with Gasteiger partial charge >= 0.3 is 0 Å². The van der Waals surface area contributed by atoms with Gasteiger partial charge in [-0.15, -0.1) is 0 Å². The van der Waals surface area contributed by atoms with Gasteiger partial charge in [-0.25, -0.2) is 0 Å². The topological polar surface area (TPSA) is 60.4 Å². The fourth-order valence-electron chi connectivity index (χ4n) is 4.14. The second kappa shape index (κ2) is 10.7. The number of piperazine rings is 1. The van der Waals surface area contributed by atoms with E-state index in [1.54, 1.807) is 0 Å². The summed E-state index contributed by atoms with van der Waals surface area (Å²) in [5.41, 5.74) is 1.23. The fraction of sp³-hybridized carbons (Fsp3) is 0.652. The molecule has 2 heterocycles. The molecule has 2 fully saturated rings. The number of aryl methyl sites for hydroxylation is 1. The highest BCUT2D eigenvalue weighted by Crippen LogP contribution is 2.15. The molecule has 1 aromatic rings. The van der Waals surface area contributed by atoms with Gasteiger partial charge in [0.2, 0.25) is 5.91 Å². The van der Waals surface area contributed by atoms with E-state index in [0.717, 1.165) is 63.8 Å². The molecule has 3 rings (SSSR count). The Labute approximate surface area is 181 Å². The number of benzene rings is 1. The quantitative estimate of drug-likeness (QED) is 0.569. The molecule has 0 spiro atoms. The molecule has 2 saturated heterocycles. The van der Waals surface area contributed by atoms with E-state index in [-0.39, 0.29) is 18.1 Å². The Balaban J connectivity index is 1.43. The van der Waals surface area contributed by atoms with E-state index in [9.17, 15) is 4.79 Å². The summed E-state index contributed by atoms with van der Waals surface area (Å²) in [7, 11) is 1.82. The van der Waals surface area contributed by atoms with Crippen molar-refractivity contribution in [3.63, 3.8) is 0 Å². The number of carbonyl (C=O) groups is 1. The summed E-state index contributed by atoms with van der Waals surface area (Å²) in [6.07, 6.45) is 2.31. The Morgan fingerprint density at radius 2 is 1.67 bits per heavy atom. The second-order valence-electron chi connectivity index (χ2n) is 8.40. The minimum absolute atomic E-state index is 0.0313. The van der Waals surface area contributed by atoms with Crippen molar-refractivity contribution in [1.82, 2.24) is 20.0 Å². The van der Waals surface area contributed by atoms with Crippen LogP contribution in [0.3, 0.4) is 0 Å². The zero-order chi connectivity index (χ0) is 21.5. The van der Waals surface area contributed by atoms with Gasteiger partial charge in [-0.2, -0.15) is 0 Å². The molecular weight excluding hydrogens is 378 g/mol.